The van der Waals surface area contributed by atoms with Gasteiger partial charge in [-0.3, -0.25) is 9.78 Å². The van der Waals surface area contributed by atoms with Crippen LogP contribution in [0.2, 0.25) is 0 Å². The molecule has 0 spiro atoms. The van der Waals surface area contributed by atoms with Crippen LogP contribution in [0.1, 0.15) is 14.5 Å². The number of carbonyl (C=O) groups excluding carboxylic acids is 1. The summed E-state index contributed by atoms with van der Waals surface area (Å²) in [6.45, 7) is 0. The fourth-order valence-corrected chi connectivity index (χ4v) is 2.62. The molecule has 2 rings (SSSR count). The Hall–Kier alpha value is -1.20. The zero-order valence-corrected chi connectivity index (χ0v) is 9.73. The normalized spacial score (nSPS) is 10.2. The summed E-state index contributed by atoms with van der Waals surface area (Å²) >= 11 is 2.91. The van der Waals surface area contributed by atoms with Crippen LogP contribution >= 0.6 is 22.7 Å². The van der Waals surface area contributed by atoms with Crippen molar-refractivity contribution >= 4 is 28.5 Å². The van der Waals surface area contributed by atoms with Crippen molar-refractivity contribution in [2.24, 2.45) is 0 Å². The second kappa shape index (κ2) is 4.55. The molecule has 0 unspecified atom stereocenters. The lowest BCUT2D eigenvalue weighted by Gasteiger charge is -1.99. The average Bonchev–Trinajstić information content (AvgIpc) is 2.86. The molecule has 0 aliphatic heterocycles. The van der Waals surface area contributed by atoms with Crippen molar-refractivity contribution in [2.75, 3.05) is 7.11 Å². The average molecular weight is 239 g/mol. The molecule has 2 heterocycles. The SMILES string of the molecule is COc1ccsc1C(=O)Cc1cncs1. The molecule has 5 heteroatoms. The van der Waals surface area contributed by atoms with Crippen LogP contribution in [0.3, 0.4) is 0 Å². The number of hydrogen-bond donors (Lipinski definition) is 0. The number of hydrogen-bond acceptors (Lipinski definition) is 5. The third kappa shape index (κ3) is 2.24. The molecule has 0 N–H and O–H groups in total. The molecule has 2 aromatic heterocycles. The van der Waals surface area contributed by atoms with Gasteiger partial charge in [0.25, 0.3) is 0 Å². The number of carbonyl (C=O) groups is 1. The minimum atomic E-state index is 0.0890. The van der Waals surface area contributed by atoms with Gasteiger partial charge in [0, 0.05) is 17.5 Å². The molecular weight excluding hydrogens is 230 g/mol. The van der Waals surface area contributed by atoms with Gasteiger partial charge in [-0.25, -0.2) is 0 Å². The predicted molar refractivity (Wildman–Crippen MR) is 61.0 cm³/mol. The zero-order valence-electron chi connectivity index (χ0n) is 8.10. The van der Waals surface area contributed by atoms with Crippen molar-refractivity contribution in [2.45, 2.75) is 6.42 Å². The quantitative estimate of drug-likeness (QED) is 0.770. The van der Waals surface area contributed by atoms with E-state index in [1.54, 1.807) is 18.8 Å². The van der Waals surface area contributed by atoms with Crippen LogP contribution in [0.4, 0.5) is 0 Å². The molecule has 0 radical (unpaired) electrons. The summed E-state index contributed by atoms with van der Waals surface area (Å²) in [7, 11) is 1.57. The third-order valence-corrected chi connectivity index (χ3v) is 3.64. The number of thiazole rings is 1. The predicted octanol–water partition coefficient (Wildman–Crippen LogP) is 2.64. The standard InChI is InChI=1S/C10H9NO2S2/c1-13-9-2-3-14-10(9)8(12)4-7-5-11-6-15-7/h2-3,5-6H,4H2,1H3. The maximum atomic E-state index is 11.9. The Kier molecular flexibility index (Phi) is 3.13. The monoisotopic (exact) mass is 239 g/mol. The highest BCUT2D eigenvalue weighted by molar-refractivity contribution is 7.12. The Morgan fingerprint density at radius 2 is 2.40 bits per heavy atom. The van der Waals surface area contributed by atoms with E-state index in [4.69, 9.17) is 4.74 Å². The van der Waals surface area contributed by atoms with Crippen LogP contribution in [0.25, 0.3) is 0 Å². The van der Waals surface area contributed by atoms with Gasteiger partial charge in [-0.05, 0) is 11.4 Å². The summed E-state index contributed by atoms with van der Waals surface area (Å²) in [5, 5.41) is 1.86. The molecule has 0 fully saturated rings. The lowest BCUT2D eigenvalue weighted by Crippen LogP contribution is -2.01. The smallest absolute Gasteiger partial charge is 0.181 e. The Morgan fingerprint density at radius 3 is 3.07 bits per heavy atom. The minimum Gasteiger partial charge on any atom is -0.495 e. The van der Waals surface area contributed by atoms with E-state index < -0.39 is 0 Å². The van der Waals surface area contributed by atoms with Crippen molar-refractivity contribution in [3.8, 4) is 5.75 Å². The summed E-state index contributed by atoms with van der Waals surface area (Å²) in [4.78, 5) is 17.5. The number of thiophene rings is 1. The Labute approximate surface area is 95.4 Å². The fourth-order valence-electron chi connectivity index (χ4n) is 1.23. The van der Waals surface area contributed by atoms with E-state index in [2.05, 4.69) is 4.98 Å². The van der Waals surface area contributed by atoms with Crippen LogP contribution in [0, 0.1) is 0 Å². The van der Waals surface area contributed by atoms with Crippen molar-refractivity contribution in [1.82, 2.24) is 4.98 Å². The molecule has 78 valence electrons. The summed E-state index contributed by atoms with van der Waals surface area (Å²) in [6, 6.07) is 1.81. The van der Waals surface area contributed by atoms with Gasteiger partial charge in [-0.2, -0.15) is 0 Å². The van der Waals surface area contributed by atoms with Gasteiger partial charge < -0.3 is 4.74 Å². The van der Waals surface area contributed by atoms with Crippen molar-refractivity contribution < 1.29 is 9.53 Å². The van der Waals surface area contributed by atoms with E-state index in [9.17, 15) is 4.79 Å². The topological polar surface area (TPSA) is 39.2 Å². The van der Waals surface area contributed by atoms with Crippen LogP contribution in [-0.4, -0.2) is 17.9 Å². The van der Waals surface area contributed by atoms with Crippen molar-refractivity contribution in [3.05, 3.63) is 32.9 Å². The molecule has 3 nitrogen and oxygen atoms in total. The highest BCUT2D eigenvalue weighted by Gasteiger charge is 2.14. The summed E-state index contributed by atoms with van der Waals surface area (Å²) in [5.41, 5.74) is 1.73. The van der Waals surface area contributed by atoms with Gasteiger partial charge in [-0.15, -0.1) is 22.7 Å². The second-order valence-corrected chi connectivity index (χ2v) is 4.77. The number of aromatic nitrogens is 1. The Bertz CT molecular complexity index is 448. The maximum absolute atomic E-state index is 11.9. The number of nitrogens with zero attached hydrogens (tertiary/aromatic N) is 1. The van der Waals surface area contributed by atoms with Crippen LogP contribution < -0.4 is 4.74 Å². The van der Waals surface area contributed by atoms with E-state index in [0.29, 0.717) is 17.0 Å². The molecule has 15 heavy (non-hydrogen) atoms. The van der Waals surface area contributed by atoms with Gasteiger partial charge in [0.1, 0.15) is 10.6 Å². The number of Topliss-reactive ketones (excluding diaryl/α,β-unsaturated/α-hetero) is 1. The van der Waals surface area contributed by atoms with Crippen LogP contribution in [0.5, 0.6) is 5.75 Å². The van der Waals surface area contributed by atoms with Crippen molar-refractivity contribution in [3.63, 3.8) is 0 Å². The van der Waals surface area contributed by atoms with Gasteiger partial charge >= 0.3 is 0 Å². The van der Waals surface area contributed by atoms with Crippen LogP contribution in [0.15, 0.2) is 23.2 Å². The number of rotatable bonds is 4. The molecule has 0 aliphatic rings. The van der Waals surface area contributed by atoms with E-state index >= 15 is 0 Å². The molecule has 0 saturated carbocycles. The molecule has 0 aromatic carbocycles. The lowest BCUT2D eigenvalue weighted by atomic mass is 10.2. The minimum absolute atomic E-state index is 0.0890. The summed E-state index contributed by atoms with van der Waals surface area (Å²) < 4.78 is 5.10. The first kappa shape index (κ1) is 10.3. The first-order valence-electron chi connectivity index (χ1n) is 4.33. The zero-order chi connectivity index (χ0) is 10.7. The fraction of sp³-hybridized carbons (Fsp3) is 0.200. The molecule has 0 bridgehead atoms. The Balaban J connectivity index is 2.15. The first-order chi connectivity index (χ1) is 7.31. The van der Waals surface area contributed by atoms with Gasteiger partial charge in [0.05, 0.1) is 12.6 Å². The molecule has 0 saturated heterocycles. The van der Waals surface area contributed by atoms with Gasteiger partial charge in [0.2, 0.25) is 0 Å². The van der Waals surface area contributed by atoms with Gasteiger partial charge in [0.15, 0.2) is 5.78 Å². The first-order valence-corrected chi connectivity index (χ1v) is 6.09. The lowest BCUT2D eigenvalue weighted by molar-refractivity contribution is 0.0995. The third-order valence-electron chi connectivity index (χ3n) is 1.92. The summed E-state index contributed by atoms with van der Waals surface area (Å²) in [5.74, 6) is 0.751. The van der Waals surface area contributed by atoms with E-state index in [0.717, 1.165) is 4.88 Å². The second-order valence-electron chi connectivity index (χ2n) is 2.89. The highest BCUT2D eigenvalue weighted by atomic mass is 32.1. The molecule has 2 aromatic rings. The number of ether oxygens (including phenoxy) is 1. The molecule has 0 aliphatic carbocycles. The van der Waals surface area contributed by atoms with E-state index in [-0.39, 0.29) is 5.78 Å². The van der Waals surface area contributed by atoms with Crippen molar-refractivity contribution in [1.29, 1.82) is 0 Å². The summed E-state index contributed by atoms with van der Waals surface area (Å²) in [6.07, 6.45) is 2.13. The number of ketones is 1. The van der Waals surface area contributed by atoms with Crippen LogP contribution in [-0.2, 0) is 6.42 Å². The molecular formula is C10H9NO2S2. The number of methoxy groups -OCH3 is 1. The van der Waals surface area contributed by atoms with E-state index in [1.165, 1.54) is 22.7 Å². The molecule has 0 amide bonds. The van der Waals surface area contributed by atoms with Gasteiger partial charge in [-0.1, -0.05) is 0 Å². The Morgan fingerprint density at radius 1 is 1.53 bits per heavy atom. The highest BCUT2D eigenvalue weighted by Crippen LogP contribution is 2.26. The molecule has 0 atom stereocenters. The van der Waals surface area contributed by atoms with E-state index in [1.807, 2.05) is 11.4 Å². The maximum Gasteiger partial charge on any atom is 0.181 e. The largest absolute Gasteiger partial charge is 0.495 e.